The lowest BCUT2D eigenvalue weighted by molar-refractivity contribution is -0.128. The first-order valence-electron chi connectivity index (χ1n) is 6.72. The van der Waals surface area contributed by atoms with E-state index in [4.69, 9.17) is 0 Å². The van der Waals surface area contributed by atoms with Gasteiger partial charge in [0.2, 0.25) is 5.91 Å². The molecule has 0 aromatic heterocycles. The fourth-order valence-electron chi connectivity index (χ4n) is 1.51. The van der Waals surface area contributed by atoms with Crippen molar-refractivity contribution in [3.05, 3.63) is 29.8 Å². The quantitative estimate of drug-likeness (QED) is 0.780. The van der Waals surface area contributed by atoms with E-state index in [0.29, 0.717) is 5.75 Å². The molecule has 0 aliphatic carbocycles. The van der Waals surface area contributed by atoms with Gasteiger partial charge in [0, 0.05) is 24.5 Å². The smallest absolute Gasteiger partial charge is 0.232 e. The lowest BCUT2D eigenvalue weighted by atomic mass is 10.2. The summed E-state index contributed by atoms with van der Waals surface area (Å²) in [4.78, 5) is 14.8. The Balaban J connectivity index is 2.43. The maximum atomic E-state index is 11.9. The topological polar surface area (TPSA) is 32.3 Å². The molecule has 0 unspecified atom stereocenters. The lowest BCUT2D eigenvalue weighted by Gasteiger charge is -2.21. The molecule has 0 atom stereocenters. The Labute approximate surface area is 120 Å². The van der Waals surface area contributed by atoms with Crippen molar-refractivity contribution in [2.75, 3.05) is 19.3 Å². The molecule has 4 heteroatoms. The summed E-state index contributed by atoms with van der Waals surface area (Å²) < 4.78 is 0. The van der Waals surface area contributed by atoms with Gasteiger partial charge in [0.25, 0.3) is 0 Å². The fraction of sp³-hybridized carbons (Fsp3) is 0.533. The summed E-state index contributed by atoms with van der Waals surface area (Å²) in [7, 11) is 1.85. The Kier molecular flexibility index (Phi) is 6.95. The third-order valence-electron chi connectivity index (χ3n) is 3.03. The average Bonchev–Trinajstić information content (AvgIpc) is 2.42. The Morgan fingerprint density at radius 1 is 1.32 bits per heavy atom. The summed E-state index contributed by atoms with van der Waals surface area (Å²) in [6, 6.07) is 8.65. The van der Waals surface area contributed by atoms with E-state index in [1.807, 2.05) is 20.9 Å². The summed E-state index contributed by atoms with van der Waals surface area (Å²) >= 11 is 1.60. The van der Waals surface area contributed by atoms with Crippen LogP contribution >= 0.6 is 11.8 Å². The summed E-state index contributed by atoms with van der Waals surface area (Å²) in [5, 5.41) is 3.29. The number of nitrogens with one attached hydrogen (secondary N) is 1. The summed E-state index contributed by atoms with van der Waals surface area (Å²) in [5.74, 6) is 0.679. The zero-order valence-electron chi connectivity index (χ0n) is 12.3. The zero-order valence-corrected chi connectivity index (χ0v) is 13.1. The molecular weight excluding hydrogens is 256 g/mol. The average molecular weight is 280 g/mol. The Bertz CT molecular complexity index is 390. The number of carbonyl (C=O) groups is 1. The molecule has 0 saturated heterocycles. The molecule has 1 rings (SSSR count). The van der Waals surface area contributed by atoms with Crippen molar-refractivity contribution in [2.24, 2.45) is 0 Å². The van der Waals surface area contributed by atoms with E-state index in [2.05, 4.69) is 36.5 Å². The number of nitrogens with zero attached hydrogens (tertiary/aromatic N) is 1. The second-order valence-corrected chi connectivity index (χ2v) is 5.86. The van der Waals surface area contributed by atoms with Gasteiger partial charge in [-0.25, -0.2) is 0 Å². The first-order valence-corrected chi connectivity index (χ1v) is 7.71. The van der Waals surface area contributed by atoms with E-state index in [-0.39, 0.29) is 11.9 Å². The van der Waals surface area contributed by atoms with E-state index >= 15 is 0 Å². The molecular formula is C15H24N2OS. The first-order chi connectivity index (χ1) is 9.04. The maximum absolute atomic E-state index is 11.9. The SMILES string of the molecule is CCNCc1ccc(SCC(=O)N(C)C(C)C)cc1. The van der Waals surface area contributed by atoms with Crippen LogP contribution in [0, 0.1) is 0 Å². The van der Waals surface area contributed by atoms with Crippen molar-refractivity contribution in [3.8, 4) is 0 Å². The number of amides is 1. The molecule has 106 valence electrons. The Morgan fingerprint density at radius 3 is 2.47 bits per heavy atom. The molecule has 1 aromatic rings. The van der Waals surface area contributed by atoms with Gasteiger partial charge >= 0.3 is 0 Å². The highest BCUT2D eigenvalue weighted by molar-refractivity contribution is 8.00. The van der Waals surface area contributed by atoms with Crippen molar-refractivity contribution in [2.45, 2.75) is 38.3 Å². The highest BCUT2D eigenvalue weighted by atomic mass is 32.2. The Morgan fingerprint density at radius 2 is 1.95 bits per heavy atom. The van der Waals surface area contributed by atoms with Crippen LogP contribution in [-0.2, 0) is 11.3 Å². The molecule has 0 bridgehead atoms. The van der Waals surface area contributed by atoms with Crippen molar-refractivity contribution < 1.29 is 4.79 Å². The van der Waals surface area contributed by atoms with Crippen LogP contribution in [0.25, 0.3) is 0 Å². The van der Waals surface area contributed by atoms with E-state index in [9.17, 15) is 4.79 Å². The van der Waals surface area contributed by atoms with E-state index < -0.39 is 0 Å². The number of thioether (sulfide) groups is 1. The summed E-state index contributed by atoms with van der Waals surface area (Å²) in [6.45, 7) is 8.03. The minimum absolute atomic E-state index is 0.178. The van der Waals surface area contributed by atoms with Crippen molar-refractivity contribution >= 4 is 17.7 Å². The highest BCUT2D eigenvalue weighted by Crippen LogP contribution is 2.19. The molecule has 0 radical (unpaired) electrons. The monoisotopic (exact) mass is 280 g/mol. The molecule has 19 heavy (non-hydrogen) atoms. The Hall–Kier alpha value is -1.00. The minimum Gasteiger partial charge on any atom is -0.343 e. The molecule has 1 amide bonds. The number of carbonyl (C=O) groups excluding carboxylic acids is 1. The number of hydrogen-bond donors (Lipinski definition) is 1. The van der Waals surface area contributed by atoms with Gasteiger partial charge in [-0.15, -0.1) is 11.8 Å². The summed E-state index contributed by atoms with van der Waals surface area (Å²) in [5.41, 5.74) is 1.27. The second kappa shape index (κ2) is 8.23. The number of rotatable bonds is 7. The van der Waals surface area contributed by atoms with Crippen LogP contribution < -0.4 is 5.32 Å². The molecule has 1 aromatic carbocycles. The largest absolute Gasteiger partial charge is 0.343 e. The van der Waals surface area contributed by atoms with E-state index in [1.165, 1.54) is 5.56 Å². The van der Waals surface area contributed by atoms with Gasteiger partial charge in [-0.3, -0.25) is 4.79 Å². The van der Waals surface area contributed by atoms with Crippen LogP contribution in [0.2, 0.25) is 0 Å². The molecule has 0 saturated carbocycles. The van der Waals surface area contributed by atoms with Gasteiger partial charge in [-0.05, 0) is 38.1 Å². The van der Waals surface area contributed by atoms with Crippen LogP contribution in [0.3, 0.4) is 0 Å². The predicted octanol–water partition coefficient (Wildman–Crippen LogP) is 2.76. The molecule has 3 nitrogen and oxygen atoms in total. The van der Waals surface area contributed by atoms with E-state index in [0.717, 1.165) is 18.0 Å². The minimum atomic E-state index is 0.178. The van der Waals surface area contributed by atoms with Gasteiger partial charge in [0.1, 0.15) is 0 Å². The van der Waals surface area contributed by atoms with Crippen LogP contribution in [0.5, 0.6) is 0 Å². The van der Waals surface area contributed by atoms with Crippen molar-refractivity contribution in [3.63, 3.8) is 0 Å². The van der Waals surface area contributed by atoms with Crippen LogP contribution in [0.15, 0.2) is 29.2 Å². The van der Waals surface area contributed by atoms with Gasteiger partial charge in [-0.1, -0.05) is 19.1 Å². The van der Waals surface area contributed by atoms with Crippen molar-refractivity contribution in [1.82, 2.24) is 10.2 Å². The number of benzene rings is 1. The normalized spacial score (nSPS) is 10.8. The molecule has 0 aliphatic rings. The van der Waals surface area contributed by atoms with E-state index in [1.54, 1.807) is 16.7 Å². The fourth-order valence-corrected chi connectivity index (χ4v) is 2.33. The summed E-state index contributed by atoms with van der Waals surface area (Å²) in [6.07, 6.45) is 0. The van der Waals surface area contributed by atoms with Gasteiger partial charge < -0.3 is 10.2 Å². The highest BCUT2D eigenvalue weighted by Gasteiger charge is 2.11. The molecule has 1 N–H and O–H groups in total. The van der Waals surface area contributed by atoms with Gasteiger partial charge in [0.15, 0.2) is 0 Å². The third-order valence-corrected chi connectivity index (χ3v) is 4.03. The van der Waals surface area contributed by atoms with Crippen LogP contribution in [-0.4, -0.2) is 36.2 Å². The third kappa shape index (κ3) is 5.66. The van der Waals surface area contributed by atoms with Crippen LogP contribution in [0.1, 0.15) is 26.3 Å². The van der Waals surface area contributed by atoms with Gasteiger partial charge in [-0.2, -0.15) is 0 Å². The molecule has 0 fully saturated rings. The van der Waals surface area contributed by atoms with Crippen molar-refractivity contribution in [1.29, 1.82) is 0 Å². The predicted molar refractivity (Wildman–Crippen MR) is 82.5 cm³/mol. The molecule has 0 spiro atoms. The molecule has 0 aliphatic heterocycles. The second-order valence-electron chi connectivity index (χ2n) is 4.81. The molecule has 0 heterocycles. The lowest BCUT2D eigenvalue weighted by Crippen LogP contribution is -2.34. The maximum Gasteiger partial charge on any atom is 0.232 e. The first kappa shape index (κ1) is 16.1. The van der Waals surface area contributed by atoms with Gasteiger partial charge in [0.05, 0.1) is 5.75 Å². The number of hydrogen-bond acceptors (Lipinski definition) is 3. The zero-order chi connectivity index (χ0) is 14.3. The van der Waals surface area contributed by atoms with Crippen LogP contribution in [0.4, 0.5) is 0 Å². The standard InChI is InChI=1S/C15H24N2OS/c1-5-16-10-13-6-8-14(9-7-13)19-11-15(18)17(4)12(2)3/h6-9,12,16H,5,10-11H2,1-4H3.